The lowest BCUT2D eigenvalue weighted by atomic mass is 10.00. The Kier molecular flexibility index (Phi) is 6.36. The highest BCUT2D eigenvalue weighted by Gasteiger charge is 2.26. The number of nitrogens with zero attached hydrogens (tertiary/aromatic N) is 3. The number of carbonyl (C=O) groups is 1. The van der Waals surface area contributed by atoms with Crippen molar-refractivity contribution in [2.75, 3.05) is 25.5 Å². The molecular formula is C21H26FN5O. The first-order valence-corrected chi connectivity index (χ1v) is 9.58. The molecule has 0 amide bonds. The third-order valence-electron chi connectivity index (χ3n) is 4.76. The molecule has 6 nitrogen and oxygen atoms in total. The van der Waals surface area contributed by atoms with Gasteiger partial charge in [0.05, 0.1) is 11.1 Å². The highest BCUT2D eigenvalue weighted by molar-refractivity contribution is 6.13. The van der Waals surface area contributed by atoms with Crippen molar-refractivity contribution in [1.82, 2.24) is 19.9 Å². The first-order chi connectivity index (χ1) is 13.6. The Labute approximate surface area is 164 Å². The monoisotopic (exact) mass is 383 g/mol. The summed E-state index contributed by atoms with van der Waals surface area (Å²) in [5.41, 5.74) is 9.54. The fourth-order valence-corrected chi connectivity index (χ4v) is 3.43. The van der Waals surface area contributed by atoms with Crippen LogP contribution >= 0.6 is 0 Å². The molecule has 3 rings (SSSR count). The predicted molar refractivity (Wildman–Crippen MR) is 110 cm³/mol. The molecule has 0 aliphatic heterocycles. The average Bonchev–Trinajstić information content (AvgIpc) is 3.03. The number of fused-ring (bicyclic) bond motifs is 1. The van der Waals surface area contributed by atoms with Crippen LogP contribution in [-0.4, -0.2) is 40.1 Å². The highest BCUT2D eigenvalue weighted by Crippen LogP contribution is 2.37. The summed E-state index contributed by atoms with van der Waals surface area (Å²) in [5, 5.41) is 3.94. The fraction of sp³-hybridized carbons (Fsp3) is 0.381. The summed E-state index contributed by atoms with van der Waals surface area (Å²) in [4.78, 5) is 21.1. The number of benzene rings is 1. The van der Waals surface area contributed by atoms with Gasteiger partial charge in [-0.1, -0.05) is 36.8 Å². The van der Waals surface area contributed by atoms with Gasteiger partial charge >= 0.3 is 0 Å². The van der Waals surface area contributed by atoms with Crippen molar-refractivity contribution in [3.05, 3.63) is 41.9 Å². The zero-order valence-electron chi connectivity index (χ0n) is 16.3. The van der Waals surface area contributed by atoms with E-state index in [0.717, 1.165) is 37.1 Å². The van der Waals surface area contributed by atoms with Crippen molar-refractivity contribution >= 4 is 22.6 Å². The van der Waals surface area contributed by atoms with Crippen LogP contribution in [0.1, 0.15) is 35.8 Å². The van der Waals surface area contributed by atoms with Crippen LogP contribution in [0.15, 0.2) is 30.6 Å². The van der Waals surface area contributed by atoms with Gasteiger partial charge in [-0.15, -0.1) is 0 Å². The molecule has 3 aromatic rings. The molecular weight excluding hydrogens is 357 g/mol. The summed E-state index contributed by atoms with van der Waals surface area (Å²) >= 11 is 0. The molecule has 2 aromatic heterocycles. The summed E-state index contributed by atoms with van der Waals surface area (Å²) < 4.78 is 15.3. The quantitative estimate of drug-likeness (QED) is 0.436. The Morgan fingerprint density at radius 3 is 2.64 bits per heavy atom. The van der Waals surface area contributed by atoms with Crippen molar-refractivity contribution in [2.45, 2.75) is 33.2 Å². The van der Waals surface area contributed by atoms with Gasteiger partial charge in [-0.3, -0.25) is 4.79 Å². The van der Waals surface area contributed by atoms with Crippen LogP contribution in [0.3, 0.4) is 0 Å². The van der Waals surface area contributed by atoms with Crippen LogP contribution in [0.25, 0.3) is 22.2 Å². The Balaban J connectivity index is 2.16. The fourth-order valence-electron chi connectivity index (χ4n) is 3.43. The number of halogens is 1. The van der Waals surface area contributed by atoms with Crippen molar-refractivity contribution in [3.8, 4) is 11.1 Å². The Hall–Kier alpha value is -2.80. The molecule has 28 heavy (non-hydrogen) atoms. The lowest BCUT2D eigenvalue weighted by Gasteiger charge is -2.10. The number of hydrogen-bond donors (Lipinski definition) is 2. The van der Waals surface area contributed by atoms with Gasteiger partial charge < -0.3 is 15.6 Å². The first-order valence-electron chi connectivity index (χ1n) is 9.58. The van der Waals surface area contributed by atoms with E-state index in [1.807, 2.05) is 31.2 Å². The maximum absolute atomic E-state index is 13.5. The second-order valence-corrected chi connectivity index (χ2v) is 6.86. The predicted octanol–water partition coefficient (Wildman–Crippen LogP) is 3.53. The molecule has 0 saturated carbocycles. The third-order valence-corrected chi connectivity index (χ3v) is 4.76. The molecule has 0 unspecified atom stereocenters. The van der Waals surface area contributed by atoms with Crippen molar-refractivity contribution < 1.29 is 9.18 Å². The number of aromatic nitrogens is 3. The van der Waals surface area contributed by atoms with E-state index in [1.165, 1.54) is 6.33 Å². The molecule has 0 aliphatic rings. The van der Waals surface area contributed by atoms with E-state index in [-0.39, 0.29) is 5.82 Å². The molecule has 1 aromatic carbocycles. The number of Topliss-reactive ketones (excluding diaryl/α,β-unsaturated/α-hetero) is 1. The maximum atomic E-state index is 13.5. The van der Waals surface area contributed by atoms with E-state index in [2.05, 4.69) is 22.2 Å². The summed E-state index contributed by atoms with van der Waals surface area (Å²) in [6.07, 6.45) is 3.22. The normalized spacial score (nSPS) is 11.2. The van der Waals surface area contributed by atoms with E-state index < -0.39 is 12.5 Å². The third kappa shape index (κ3) is 3.89. The largest absolute Gasteiger partial charge is 0.383 e. The lowest BCUT2D eigenvalue weighted by molar-refractivity contribution is 0.0950. The number of aryl methyl sites for hydroxylation is 2. The molecule has 0 radical (unpaired) electrons. The van der Waals surface area contributed by atoms with E-state index in [4.69, 9.17) is 5.73 Å². The molecule has 7 heteroatoms. The smallest absolute Gasteiger partial charge is 0.210 e. The van der Waals surface area contributed by atoms with Crippen LogP contribution in [0.2, 0.25) is 0 Å². The number of hydrogen-bond acceptors (Lipinski definition) is 5. The zero-order chi connectivity index (χ0) is 20.1. The van der Waals surface area contributed by atoms with E-state index >= 15 is 0 Å². The average molecular weight is 383 g/mol. The summed E-state index contributed by atoms with van der Waals surface area (Å²) in [5.74, 6) is -0.286. The number of alkyl halides is 1. The van der Waals surface area contributed by atoms with Gasteiger partial charge in [0.25, 0.3) is 0 Å². The highest BCUT2D eigenvalue weighted by atomic mass is 19.1. The SMILES string of the molecule is CCCNCCCn1c(C(=O)CF)c(-c2ccc(C)cc2)c2c(N)ncnc21. The minimum atomic E-state index is -1.07. The minimum absolute atomic E-state index is 0.288. The second kappa shape index (κ2) is 8.93. The molecule has 2 heterocycles. The number of carbonyl (C=O) groups excluding carboxylic acids is 1. The molecule has 0 aliphatic carbocycles. The number of rotatable bonds is 9. The zero-order valence-corrected chi connectivity index (χ0v) is 16.3. The topological polar surface area (TPSA) is 85.8 Å². The molecule has 0 spiro atoms. The Bertz CT molecular complexity index is 965. The van der Waals surface area contributed by atoms with Gasteiger partial charge in [0, 0.05) is 12.1 Å². The number of nitrogens with one attached hydrogen (secondary N) is 1. The van der Waals surface area contributed by atoms with Crippen LogP contribution in [0.5, 0.6) is 0 Å². The van der Waals surface area contributed by atoms with Crippen molar-refractivity contribution in [3.63, 3.8) is 0 Å². The van der Waals surface area contributed by atoms with Crippen LogP contribution in [-0.2, 0) is 6.54 Å². The number of nitrogen functional groups attached to an aromatic ring is 1. The Morgan fingerprint density at radius 1 is 1.21 bits per heavy atom. The molecule has 3 N–H and O–H groups in total. The van der Waals surface area contributed by atoms with Crippen LogP contribution in [0.4, 0.5) is 10.2 Å². The van der Waals surface area contributed by atoms with Crippen LogP contribution < -0.4 is 11.1 Å². The standard InChI is InChI=1S/C21H26FN5O/c1-3-9-24-10-4-11-27-19(16(28)12-22)17(15-7-5-14(2)6-8-15)18-20(23)25-13-26-21(18)27/h5-8,13,24H,3-4,9-12H2,1-2H3,(H2,23,25,26). The minimum Gasteiger partial charge on any atom is -0.383 e. The number of anilines is 1. The first kappa shape index (κ1) is 19.9. The van der Waals surface area contributed by atoms with E-state index in [9.17, 15) is 9.18 Å². The molecule has 0 bridgehead atoms. The van der Waals surface area contributed by atoms with E-state index in [1.54, 1.807) is 4.57 Å². The molecule has 148 valence electrons. The van der Waals surface area contributed by atoms with Crippen molar-refractivity contribution in [2.24, 2.45) is 0 Å². The van der Waals surface area contributed by atoms with Gasteiger partial charge in [-0.25, -0.2) is 14.4 Å². The molecule has 0 saturated heterocycles. The number of nitrogens with two attached hydrogens (primary N) is 1. The van der Waals surface area contributed by atoms with Crippen LogP contribution in [0, 0.1) is 6.92 Å². The van der Waals surface area contributed by atoms with Gasteiger partial charge in [0.1, 0.15) is 17.8 Å². The lowest BCUT2D eigenvalue weighted by Crippen LogP contribution is -2.19. The summed E-state index contributed by atoms with van der Waals surface area (Å²) in [6, 6.07) is 7.74. The summed E-state index contributed by atoms with van der Waals surface area (Å²) in [7, 11) is 0. The van der Waals surface area contributed by atoms with Gasteiger partial charge in [-0.2, -0.15) is 0 Å². The second-order valence-electron chi connectivity index (χ2n) is 6.86. The van der Waals surface area contributed by atoms with Gasteiger partial charge in [-0.05, 0) is 38.4 Å². The van der Waals surface area contributed by atoms with E-state index in [0.29, 0.717) is 28.8 Å². The Morgan fingerprint density at radius 2 is 1.96 bits per heavy atom. The van der Waals surface area contributed by atoms with Gasteiger partial charge in [0.2, 0.25) is 5.78 Å². The van der Waals surface area contributed by atoms with Crippen molar-refractivity contribution in [1.29, 1.82) is 0 Å². The number of ketones is 1. The molecule has 0 fully saturated rings. The maximum Gasteiger partial charge on any atom is 0.210 e. The summed E-state index contributed by atoms with van der Waals surface area (Å²) in [6.45, 7) is 5.30. The van der Waals surface area contributed by atoms with Gasteiger partial charge in [0.15, 0.2) is 6.67 Å². The molecule has 0 atom stereocenters.